The number of pyridine rings is 1. The van der Waals surface area contributed by atoms with Crippen molar-refractivity contribution < 1.29 is 9.59 Å². The highest BCUT2D eigenvalue weighted by Gasteiger charge is 2.27. The average molecular weight is 407 g/mol. The van der Waals surface area contributed by atoms with Crippen LogP contribution in [0.25, 0.3) is 5.70 Å². The number of carbonyl (C=O) groups is 2. The standard InChI is InChI=1S/C24H17N5O2/c1-15-6-4-8-17(12-15)27-24(31)20(13-25)21-18-9-2-3-10-19(18)22(28-21)29-23(30)16-7-5-11-26-14-16/h2-12,14H,1H3,(H,27,31)(H,28,29,30)/b21-20-. The van der Waals surface area contributed by atoms with Crippen LogP contribution in [0.1, 0.15) is 27.0 Å². The second kappa shape index (κ2) is 8.43. The quantitative estimate of drug-likeness (QED) is 0.512. The molecule has 2 aromatic carbocycles. The molecule has 2 amide bonds. The van der Waals surface area contributed by atoms with E-state index in [1.54, 1.807) is 48.7 Å². The fourth-order valence-electron chi connectivity index (χ4n) is 3.22. The van der Waals surface area contributed by atoms with Crippen molar-refractivity contribution in [2.24, 2.45) is 4.99 Å². The number of aryl methyl sites for hydroxylation is 1. The Morgan fingerprint density at radius 1 is 0.968 bits per heavy atom. The number of hydrogen-bond acceptors (Lipinski definition) is 5. The van der Waals surface area contributed by atoms with Crippen molar-refractivity contribution in [1.82, 2.24) is 10.3 Å². The van der Waals surface area contributed by atoms with Gasteiger partial charge in [-0.1, -0.05) is 36.4 Å². The number of aliphatic imine (C=N–C) groups is 1. The average Bonchev–Trinajstić information content (AvgIpc) is 3.13. The summed E-state index contributed by atoms with van der Waals surface area (Å²) in [5.41, 5.74) is 3.24. The summed E-state index contributed by atoms with van der Waals surface area (Å²) >= 11 is 0. The van der Waals surface area contributed by atoms with E-state index in [0.717, 1.165) is 5.56 Å². The Morgan fingerprint density at radius 3 is 2.48 bits per heavy atom. The van der Waals surface area contributed by atoms with Crippen molar-refractivity contribution in [3.8, 4) is 6.07 Å². The van der Waals surface area contributed by atoms with Crippen LogP contribution < -0.4 is 10.6 Å². The van der Waals surface area contributed by atoms with E-state index in [-0.39, 0.29) is 23.0 Å². The van der Waals surface area contributed by atoms with E-state index in [1.165, 1.54) is 6.20 Å². The fourth-order valence-corrected chi connectivity index (χ4v) is 3.22. The third kappa shape index (κ3) is 4.09. The Bertz CT molecular complexity index is 1290. The molecule has 0 saturated carbocycles. The zero-order chi connectivity index (χ0) is 21.8. The Morgan fingerprint density at radius 2 is 1.77 bits per heavy atom. The molecule has 0 radical (unpaired) electrons. The first-order valence-electron chi connectivity index (χ1n) is 9.49. The van der Waals surface area contributed by atoms with Gasteiger partial charge < -0.3 is 10.6 Å². The summed E-state index contributed by atoms with van der Waals surface area (Å²) in [4.78, 5) is 33.8. The predicted octanol–water partition coefficient (Wildman–Crippen LogP) is 3.45. The van der Waals surface area contributed by atoms with Crippen LogP contribution in [0.5, 0.6) is 0 Å². The lowest BCUT2D eigenvalue weighted by molar-refractivity contribution is -0.112. The number of hydrogen-bond donors (Lipinski definition) is 2. The van der Waals surface area contributed by atoms with Crippen LogP contribution >= 0.6 is 0 Å². The minimum absolute atomic E-state index is 0.139. The van der Waals surface area contributed by atoms with Crippen LogP contribution in [-0.2, 0) is 4.79 Å². The number of anilines is 1. The van der Waals surface area contributed by atoms with Gasteiger partial charge in [0.05, 0.1) is 11.3 Å². The molecule has 0 aliphatic carbocycles. The highest BCUT2D eigenvalue weighted by Crippen LogP contribution is 2.31. The van der Waals surface area contributed by atoms with Crippen molar-refractivity contribution in [2.45, 2.75) is 6.92 Å². The SMILES string of the molecule is Cc1cccc(NC(=O)/C(C#N)=C2\N=C(NC(=O)c3cccnc3)c3ccccc32)c1. The number of rotatable bonds is 3. The van der Waals surface area contributed by atoms with Gasteiger partial charge in [0.25, 0.3) is 11.8 Å². The molecule has 0 spiro atoms. The normalized spacial score (nSPS) is 13.5. The number of amidine groups is 1. The molecule has 3 aromatic rings. The zero-order valence-corrected chi connectivity index (χ0v) is 16.6. The fraction of sp³-hybridized carbons (Fsp3) is 0.0417. The van der Waals surface area contributed by atoms with Crippen molar-refractivity contribution in [1.29, 1.82) is 5.26 Å². The molecule has 0 atom stereocenters. The van der Waals surface area contributed by atoms with Crippen LogP contribution in [-0.4, -0.2) is 22.6 Å². The Balaban J connectivity index is 1.70. The number of aromatic nitrogens is 1. The minimum Gasteiger partial charge on any atom is -0.321 e. The van der Waals surface area contributed by atoms with Crippen molar-refractivity contribution >= 4 is 29.0 Å². The third-order valence-corrected chi connectivity index (χ3v) is 4.67. The summed E-state index contributed by atoms with van der Waals surface area (Å²) in [6.45, 7) is 1.91. The molecule has 4 rings (SSSR count). The van der Waals surface area contributed by atoms with Gasteiger partial charge in [-0.15, -0.1) is 0 Å². The number of nitrogens with one attached hydrogen (secondary N) is 2. The van der Waals surface area contributed by atoms with Gasteiger partial charge in [-0.05, 0) is 36.8 Å². The van der Waals surface area contributed by atoms with Crippen LogP contribution in [0, 0.1) is 18.3 Å². The van der Waals surface area contributed by atoms with Crippen LogP contribution in [0.3, 0.4) is 0 Å². The maximum Gasteiger partial charge on any atom is 0.268 e. The molecule has 150 valence electrons. The molecule has 1 aliphatic rings. The van der Waals surface area contributed by atoms with Gasteiger partial charge in [0.1, 0.15) is 17.5 Å². The first-order valence-corrected chi connectivity index (χ1v) is 9.49. The summed E-state index contributed by atoms with van der Waals surface area (Å²) < 4.78 is 0. The molecule has 7 heteroatoms. The van der Waals surface area contributed by atoms with Gasteiger partial charge in [0.2, 0.25) is 0 Å². The molecule has 31 heavy (non-hydrogen) atoms. The highest BCUT2D eigenvalue weighted by molar-refractivity contribution is 6.21. The number of benzene rings is 2. The van der Waals surface area contributed by atoms with Crippen LogP contribution in [0.2, 0.25) is 0 Å². The molecule has 0 saturated heterocycles. The second-order valence-electron chi connectivity index (χ2n) is 6.86. The van der Waals surface area contributed by atoms with Gasteiger partial charge in [0.15, 0.2) is 0 Å². The molecule has 2 heterocycles. The summed E-state index contributed by atoms with van der Waals surface area (Å²) in [5.74, 6) is -0.678. The van der Waals surface area contributed by atoms with Crippen LogP contribution in [0.15, 0.2) is 83.6 Å². The van der Waals surface area contributed by atoms with Gasteiger partial charge in [-0.2, -0.15) is 5.26 Å². The topological polar surface area (TPSA) is 107 Å². The Hall–Kier alpha value is -4.57. The molecule has 1 aliphatic heterocycles. The molecular weight excluding hydrogens is 390 g/mol. The monoisotopic (exact) mass is 407 g/mol. The second-order valence-corrected chi connectivity index (χ2v) is 6.86. The Labute approximate surface area is 178 Å². The lowest BCUT2D eigenvalue weighted by Crippen LogP contribution is -2.30. The van der Waals surface area contributed by atoms with Crippen molar-refractivity contribution in [3.63, 3.8) is 0 Å². The van der Waals surface area contributed by atoms with E-state index in [4.69, 9.17) is 0 Å². The van der Waals surface area contributed by atoms with Gasteiger partial charge in [-0.3, -0.25) is 14.6 Å². The van der Waals surface area contributed by atoms with Gasteiger partial charge >= 0.3 is 0 Å². The minimum atomic E-state index is -0.568. The van der Waals surface area contributed by atoms with Gasteiger partial charge in [0, 0.05) is 29.2 Å². The number of amides is 2. The maximum atomic E-state index is 12.8. The molecule has 0 unspecified atom stereocenters. The summed E-state index contributed by atoms with van der Waals surface area (Å²) in [6, 6.07) is 19.7. The molecule has 2 N–H and O–H groups in total. The largest absolute Gasteiger partial charge is 0.321 e. The van der Waals surface area contributed by atoms with E-state index < -0.39 is 5.91 Å². The first kappa shape index (κ1) is 19.7. The molecule has 1 aromatic heterocycles. The lowest BCUT2D eigenvalue weighted by atomic mass is 10.0. The van der Waals surface area contributed by atoms with Crippen molar-refractivity contribution in [2.75, 3.05) is 5.32 Å². The number of nitriles is 1. The van der Waals surface area contributed by atoms with Gasteiger partial charge in [-0.25, -0.2) is 4.99 Å². The summed E-state index contributed by atoms with van der Waals surface area (Å²) in [5, 5.41) is 15.2. The maximum absolute atomic E-state index is 12.8. The number of nitrogens with zero attached hydrogens (tertiary/aromatic N) is 3. The molecular formula is C24H17N5O2. The first-order chi connectivity index (χ1) is 15.1. The molecule has 0 fully saturated rings. The summed E-state index contributed by atoms with van der Waals surface area (Å²) in [7, 11) is 0. The van der Waals surface area contributed by atoms with E-state index in [0.29, 0.717) is 22.4 Å². The Kier molecular flexibility index (Phi) is 5.37. The van der Waals surface area contributed by atoms with Crippen molar-refractivity contribution in [3.05, 3.63) is 101 Å². The smallest absolute Gasteiger partial charge is 0.268 e. The van der Waals surface area contributed by atoms with E-state index in [1.807, 2.05) is 31.2 Å². The third-order valence-electron chi connectivity index (χ3n) is 4.67. The van der Waals surface area contributed by atoms with E-state index in [2.05, 4.69) is 20.6 Å². The zero-order valence-electron chi connectivity index (χ0n) is 16.6. The van der Waals surface area contributed by atoms with E-state index >= 15 is 0 Å². The summed E-state index contributed by atoms with van der Waals surface area (Å²) in [6.07, 6.45) is 3.02. The van der Waals surface area contributed by atoms with Crippen LogP contribution in [0.4, 0.5) is 5.69 Å². The highest BCUT2D eigenvalue weighted by atomic mass is 16.2. The predicted molar refractivity (Wildman–Crippen MR) is 117 cm³/mol. The number of fused-ring (bicyclic) bond motifs is 1. The molecule has 0 bridgehead atoms. The lowest BCUT2D eigenvalue weighted by Gasteiger charge is -2.07. The van der Waals surface area contributed by atoms with E-state index in [9.17, 15) is 14.9 Å². The number of carbonyl (C=O) groups excluding carboxylic acids is 2. The molecule has 7 nitrogen and oxygen atoms in total.